The molecular formula is C53H41N3. The summed E-state index contributed by atoms with van der Waals surface area (Å²) in [7, 11) is 0. The molecule has 0 saturated carbocycles. The first kappa shape index (κ1) is 33.7. The van der Waals surface area contributed by atoms with Crippen LogP contribution in [0.15, 0.2) is 192 Å². The van der Waals surface area contributed by atoms with Crippen molar-refractivity contribution in [3.05, 3.63) is 237 Å². The van der Waals surface area contributed by atoms with Crippen LogP contribution in [0.2, 0.25) is 0 Å². The number of fused-ring (bicyclic) bond motifs is 9. The van der Waals surface area contributed by atoms with Gasteiger partial charge in [0.15, 0.2) is 6.17 Å². The second-order valence-corrected chi connectivity index (χ2v) is 15.5. The predicted molar refractivity (Wildman–Crippen MR) is 232 cm³/mol. The molecule has 1 aliphatic heterocycles. The molecule has 0 aromatic heterocycles. The molecule has 0 amide bonds. The summed E-state index contributed by atoms with van der Waals surface area (Å²) in [5.41, 5.74) is 15.4. The minimum Gasteiger partial charge on any atom is -0.324 e. The maximum absolute atomic E-state index is 5.18. The van der Waals surface area contributed by atoms with Gasteiger partial charge in [0.1, 0.15) is 11.7 Å². The van der Waals surface area contributed by atoms with Crippen LogP contribution in [0.4, 0.5) is 0 Å². The van der Waals surface area contributed by atoms with Crippen LogP contribution >= 0.6 is 0 Å². The molecule has 1 heterocycles. The van der Waals surface area contributed by atoms with E-state index in [1.165, 1.54) is 50.1 Å². The molecule has 7 aromatic carbocycles. The zero-order valence-corrected chi connectivity index (χ0v) is 31.6. The van der Waals surface area contributed by atoms with Gasteiger partial charge in [0.2, 0.25) is 0 Å². The zero-order chi connectivity index (χ0) is 38.0. The largest absolute Gasteiger partial charge is 0.324 e. The van der Waals surface area contributed by atoms with E-state index in [2.05, 4.69) is 166 Å². The van der Waals surface area contributed by atoms with Gasteiger partial charge in [0.25, 0.3) is 0 Å². The van der Waals surface area contributed by atoms with Crippen molar-refractivity contribution in [2.75, 3.05) is 0 Å². The molecule has 7 aromatic rings. The third kappa shape index (κ3) is 4.97. The highest BCUT2D eigenvalue weighted by Crippen LogP contribution is 2.62. The summed E-state index contributed by atoms with van der Waals surface area (Å²) in [5.74, 6) is 1.49. The summed E-state index contributed by atoms with van der Waals surface area (Å²) >= 11 is 0. The van der Waals surface area contributed by atoms with E-state index in [-0.39, 0.29) is 5.41 Å². The Labute approximate surface area is 328 Å². The number of benzene rings is 7. The number of hydrogen-bond donors (Lipinski definition) is 1. The van der Waals surface area contributed by atoms with Gasteiger partial charge in [-0.25, -0.2) is 9.98 Å². The average Bonchev–Trinajstić information content (AvgIpc) is 3.55. The van der Waals surface area contributed by atoms with Crippen LogP contribution < -0.4 is 15.8 Å². The van der Waals surface area contributed by atoms with E-state index < -0.39 is 11.6 Å². The third-order valence-corrected chi connectivity index (χ3v) is 12.1. The Bertz CT molecular complexity index is 2850. The van der Waals surface area contributed by atoms with E-state index in [9.17, 15) is 0 Å². The molecule has 2 aliphatic carbocycles. The van der Waals surface area contributed by atoms with Crippen molar-refractivity contribution in [1.29, 1.82) is 0 Å². The van der Waals surface area contributed by atoms with Crippen LogP contribution in [0.3, 0.4) is 0 Å². The van der Waals surface area contributed by atoms with Gasteiger partial charge in [-0.15, -0.1) is 0 Å². The number of amidine groups is 2. The zero-order valence-electron chi connectivity index (χ0n) is 31.6. The van der Waals surface area contributed by atoms with Gasteiger partial charge in [0.05, 0.1) is 5.41 Å². The Balaban J connectivity index is 1.09. The first-order valence-electron chi connectivity index (χ1n) is 19.3. The van der Waals surface area contributed by atoms with Gasteiger partial charge in [-0.1, -0.05) is 197 Å². The van der Waals surface area contributed by atoms with E-state index in [1.54, 1.807) is 0 Å². The molecule has 1 atom stereocenters. The average molecular weight is 720 g/mol. The van der Waals surface area contributed by atoms with Crippen LogP contribution in [0.5, 0.6) is 0 Å². The van der Waals surface area contributed by atoms with E-state index >= 15 is 0 Å². The minimum atomic E-state index is -0.441. The Hall–Kier alpha value is -6.84. The van der Waals surface area contributed by atoms with Crippen LogP contribution in [0.1, 0.15) is 64.5 Å². The van der Waals surface area contributed by atoms with Gasteiger partial charge in [-0.2, -0.15) is 0 Å². The lowest BCUT2D eigenvalue weighted by atomic mass is 9.55. The summed E-state index contributed by atoms with van der Waals surface area (Å²) in [6, 6.07) is 61.4. The summed E-state index contributed by atoms with van der Waals surface area (Å²) in [4.78, 5) is 10.3. The molecule has 268 valence electrons. The molecule has 56 heavy (non-hydrogen) atoms. The Morgan fingerprint density at radius 2 is 1.12 bits per heavy atom. The number of rotatable bonds is 5. The van der Waals surface area contributed by atoms with Crippen LogP contribution in [-0.2, 0) is 10.8 Å². The minimum absolute atomic E-state index is 0.214. The quantitative estimate of drug-likeness (QED) is 0.189. The number of hydrogen-bond acceptors (Lipinski definition) is 3. The first-order valence-corrected chi connectivity index (χ1v) is 19.3. The second-order valence-electron chi connectivity index (χ2n) is 15.5. The van der Waals surface area contributed by atoms with E-state index in [0.717, 1.165) is 44.4 Å². The lowest BCUT2D eigenvalue weighted by Gasteiger charge is -2.46. The maximum Gasteiger partial charge on any atom is 0.169 e. The lowest BCUT2D eigenvalue weighted by Crippen LogP contribution is -2.40. The molecule has 0 saturated heterocycles. The predicted octanol–water partition coefficient (Wildman–Crippen LogP) is 10.3. The standard InChI is InChI=1S/C53H41N3/c1-5-39(40-20-10-9-17-34(40)2)51-55-49(36-18-7-6-8-19-36)54-50(56-51)37-29-27-35(28-30-37)38-31-32-47-48(33-38)52(3,4)45-25-15-16-26-46(45)53(47)43-23-13-11-21-41(43)42-22-12-14-24-44(42)53/h5-33,50H,1-2H2,3-4H3,(H,54,55,56)/b40-39+. The summed E-state index contributed by atoms with van der Waals surface area (Å²) < 4.78 is 0. The topological polar surface area (TPSA) is 36.8 Å². The Morgan fingerprint density at radius 1 is 0.554 bits per heavy atom. The lowest BCUT2D eigenvalue weighted by molar-refractivity contribution is 0.563. The Morgan fingerprint density at radius 3 is 1.80 bits per heavy atom. The van der Waals surface area contributed by atoms with Gasteiger partial charge >= 0.3 is 0 Å². The summed E-state index contributed by atoms with van der Waals surface area (Å²) in [6.07, 6.45) is 1.41. The molecular weight excluding hydrogens is 679 g/mol. The maximum atomic E-state index is 5.18. The SMILES string of the molecule is C=C/C(C1=NC(c2ccc(-c3ccc4c(c3)C(C)(C)c3ccccc3C43c4ccccc4-c4ccccc43)cc2)N=C(c2ccccc2)N1)=c1/ccccc1=C. The molecule has 0 bridgehead atoms. The van der Waals surface area contributed by atoms with Gasteiger partial charge in [-0.05, 0) is 77.7 Å². The second kappa shape index (κ2) is 12.9. The van der Waals surface area contributed by atoms with Crippen molar-refractivity contribution >= 4 is 23.8 Å². The van der Waals surface area contributed by atoms with Crippen molar-refractivity contribution in [2.45, 2.75) is 30.8 Å². The third-order valence-electron chi connectivity index (χ3n) is 12.1. The van der Waals surface area contributed by atoms with Crippen molar-refractivity contribution in [2.24, 2.45) is 9.98 Å². The first-order chi connectivity index (χ1) is 27.4. The Kier molecular flexibility index (Phi) is 7.76. The van der Waals surface area contributed by atoms with Crippen molar-refractivity contribution in [3.63, 3.8) is 0 Å². The van der Waals surface area contributed by atoms with Crippen LogP contribution in [0.25, 0.3) is 34.4 Å². The molecule has 3 nitrogen and oxygen atoms in total. The van der Waals surface area contributed by atoms with Gasteiger partial charge < -0.3 is 5.32 Å². The van der Waals surface area contributed by atoms with Crippen molar-refractivity contribution < 1.29 is 0 Å². The number of nitrogens with one attached hydrogen (secondary N) is 1. The molecule has 1 N–H and O–H groups in total. The van der Waals surface area contributed by atoms with E-state index in [4.69, 9.17) is 9.98 Å². The fraction of sp³-hybridized carbons (Fsp3) is 0.0943. The highest BCUT2D eigenvalue weighted by atomic mass is 15.2. The summed E-state index contributed by atoms with van der Waals surface area (Å²) in [6.45, 7) is 13.2. The number of nitrogens with zero attached hydrogens (tertiary/aromatic N) is 2. The van der Waals surface area contributed by atoms with E-state index in [1.807, 2.05) is 42.5 Å². The van der Waals surface area contributed by atoms with Crippen molar-refractivity contribution in [3.8, 4) is 22.3 Å². The van der Waals surface area contributed by atoms with Crippen LogP contribution in [0, 0.1) is 0 Å². The molecule has 1 unspecified atom stereocenters. The van der Waals surface area contributed by atoms with Gasteiger partial charge in [0, 0.05) is 16.6 Å². The fourth-order valence-corrected chi connectivity index (χ4v) is 9.47. The molecule has 3 heteroatoms. The number of aliphatic imine (C=N–C) groups is 2. The molecule has 3 aliphatic rings. The molecule has 0 radical (unpaired) electrons. The molecule has 0 fully saturated rings. The monoisotopic (exact) mass is 719 g/mol. The van der Waals surface area contributed by atoms with Gasteiger partial charge in [-0.3, -0.25) is 0 Å². The highest BCUT2D eigenvalue weighted by Gasteiger charge is 2.53. The molecule has 1 spiro atoms. The van der Waals surface area contributed by atoms with Crippen molar-refractivity contribution in [1.82, 2.24) is 5.32 Å². The summed E-state index contributed by atoms with van der Waals surface area (Å²) in [5, 5.41) is 5.43. The van der Waals surface area contributed by atoms with E-state index in [0.29, 0.717) is 0 Å². The van der Waals surface area contributed by atoms with Crippen LogP contribution in [-0.4, -0.2) is 11.7 Å². The highest BCUT2D eigenvalue weighted by molar-refractivity contribution is 6.28. The fourth-order valence-electron chi connectivity index (χ4n) is 9.47. The smallest absolute Gasteiger partial charge is 0.169 e. The normalized spacial score (nSPS) is 17.3. The molecule has 10 rings (SSSR count).